The average molecular weight is 417 g/mol. The van der Waals surface area contributed by atoms with Crippen LogP contribution in [0.2, 0.25) is 0 Å². The van der Waals surface area contributed by atoms with Crippen LogP contribution in [0.1, 0.15) is 6.42 Å². The summed E-state index contributed by atoms with van der Waals surface area (Å²) in [6.07, 6.45) is 2.70. The number of sulfonamides is 1. The summed E-state index contributed by atoms with van der Waals surface area (Å²) in [6, 6.07) is 11.5. The van der Waals surface area contributed by atoms with E-state index in [1.807, 2.05) is 30.3 Å². The summed E-state index contributed by atoms with van der Waals surface area (Å²) in [5.74, 6) is 0.440. The number of morpholine rings is 1. The molecule has 0 bridgehead atoms. The van der Waals surface area contributed by atoms with E-state index in [4.69, 9.17) is 9.47 Å². The van der Waals surface area contributed by atoms with Gasteiger partial charge in [-0.2, -0.15) is 4.31 Å². The molecule has 0 aliphatic carbocycles. The summed E-state index contributed by atoms with van der Waals surface area (Å²) >= 11 is 0. The lowest BCUT2D eigenvalue weighted by atomic mass is 10.1. The number of hydrogen-bond acceptors (Lipinski definition) is 6. The SMILES string of the molecule is O=C([C@@H]1C[C@H](Oc2ccccc2)CN1S(=O)(=O)c1cccnc1)N1CCOCC1. The number of aromatic nitrogens is 1. The molecule has 0 spiro atoms. The van der Waals surface area contributed by atoms with Crippen molar-refractivity contribution >= 4 is 15.9 Å². The van der Waals surface area contributed by atoms with Crippen molar-refractivity contribution in [3.8, 4) is 5.75 Å². The Balaban J connectivity index is 1.61. The van der Waals surface area contributed by atoms with Gasteiger partial charge in [0.15, 0.2) is 0 Å². The molecule has 1 aromatic carbocycles. The number of para-hydroxylation sites is 1. The zero-order valence-electron chi connectivity index (χ0n) is 15.9. The first-order chi connectivity index (χ1) is 14.1. The summed E-state index contributed by atoms with van der Waals surface area (Å²) in [4.78, 5) is 18.8. The Morgan fingerprint density at radius 2 is 1.86 bits per heavy atom. The lowest BCUT2D eigenvalue weighted by Crippen LogP contribution is -2.50. The molecule has 4 rings (SSSR count). The third-order valence-electron chi connectivity index (χ3n) is 5.11. The zero-order chi connectivity index (χ0) is 20.3. The van der Waals surface area contributed by atoms with Crippen LogP contribution in [0.4, 0.5) is 0 Å². The lowest BCUT2D eigenvalue weighted by Gasteiger charge is -2.31. The van der Waals surface area contributed by atoms with E-state index in [0.717, 1.165) is 0 Å². The Labute approximate surface area is 170 Å². The number of carbonyl (C=O) groups is 1. The molecule has 0 saturated carbocycles. The van der Waals surface area contributed by atoms with Gasteiger partial charge in [-0.05, 0) is 24.3 Å². The molecule has 2 aliphatic heterocycles. The quantitative estimate of drug-likeness (QED) is 0.725. The van der Waals surface area contributed by atoms with Gasteiger partial charge in [-0.3, -0.25) is 9.78 Å². The number of hydrogen-bond donors (Lipinski definition) is 0. The van der Waals surface area contributed by atoms with Crippen molar-refractivity contribution < 1.29 is 22.7 Å². The van der Waals surface area contributed by atoms with Crippen LogP contribution < -0.4 is 4.74 Å². The molecule has 29 heavy (non-hydrogen) atoms. The van der Waals surface area contributed by atoms with Crippen LogP contribution in [0.3, 0.4) is 0 Å². The molecule has 8 nitrogen and oxygen atoms in total. The minimum atomic E-state index is -3.88. The zero-order valence-corrected chi connectivity index (χ0v) is 16.7. The third-order valence-corrected chi connectivity index (χ3v) is 6.97. The molecule has 0 radical (unpaired) electrons. The van der Waals surface area contributed by atoms with Crippen LogP contribution in [0.5, 0.6) is 5.75 Å². The van der Waals surface area contributed by atoms with Gasteiger partial charge in [-0.25, -0.2) is 8.42 Å². The van der Waals surface area contributed by atoms with Gasteiger partial charge in [0.05, 0.1) is 19.8 Å². The lowest BCUT2D eigenvalue weighted by molar-refractivity contribution is -0.138. The number of pyridine rings is 1. The molecule has 1 amide bonds. The van der Waals surface area contributed by atoms with Crippen molar-refractivity contribution in [3.63, 3.8) is 0 Å². The number of ether oxygens (including phenoxy) is 2. The highest BCUT2D eigenvalue weighted by atomic mass is 32.2. The largest absolute Gasteiger partial charge is 0.489 e. The third kappa shape index (κ3) is 4.26. The van der Waals surface area contributed by atoms with Crippen LogP contribution in [0.15, 0.2) is 59.8 Å². The molecule has 0 N–H and O–H groups in total. The number of benzene rings is 1. The van der Waals surface area contributed by atoms with Crippen molar-refractivity contribution in [1.82, 2.24) is 14.2 Å². The Bertz CT molecular complexity index is 933. The molecule has 2 saturated heterocycles. The normalized spacial score (nSPS) is 23.1. The van der Waals surface area contributed by atoms with Gasteiger partial charge in [-0.1, -0.05) is 18.2 Å². The minimum absolute atomic E-state index is 0.0696. The van der Waals surface area contributed by atoms with Gasteiger partial charge in [0.25, 0.3) is 0 Å². The summed E-state index contributed by atoms with van der Waals surface area (Å²) in [7, 11) is -3.88. The molecule has 2 fully saturated rings. The van der Waals surface area contributed by atoms with Crippen molar-refractivity contribution in [1.29, 1.82) is 0 Å². The van der Waals surface area contributed by atoms with E-state index >= 15 is 0 Å². The van der Waals surface area contributed by atoms with Crippen molar-refractivity contribution in [2.45, 2.75) is 23.5 Å². The van der Waals surface area contributed by atoms with Crippen LogP contribution in [-0.4, -0.2) is 73.5 Å². The average Bonchev–Trinajstić information content (AvgIpc) is 3.20. The Kier molecular flexibility index (Phi) is 5.79. The first kappa shape index (κ1) is 19.8. The number of rotatable bonds is 5. The maximum atomic E-state index is 13.3. The van der Waals surface area contributed by atoms with Gasteiger partial charge in [0, 0.05) is 31.9 Å². The Hall–Kier alpha value is -2.49. The highest BCUT2D eigenvalue weighted by molar-refractivity contribution is 7.89. The van der Waals surface area contributed by atoms with Gasteiger partial charge in [0.1, 0.15) is 22.8 Å². The fourth-order valence-electron chi connectivity index (χ4n) is 3.67. The predicted molar refractivity (Wildman–Crippen MR) is 105 cm³/mol. The Morgan fingerprint density at radius 1 is 1.10 bits per heavy atom. The van der Waals surface area contributed by atoms with Crippen molar-refractivity contribution in [2.24, 2.45) is 0 Å². The van der Waals surface area contributed by atoms with Crippen molar-refractivity contribution in [3.05, 3.63) is 54.9 Å². The van der Waals surface area contributed by atoms with E-state index < -0.39 is 22.2 Å². The minimum Gasteiger partial charge on any atom is -0.489 e. The Morgan fingerprint density at radius 3 is 2.55 bits per heavy atom. The second-order valence-corrected chi connectivity index (χ2v) is 8.90. The van der Waals surface area contributed by atoms with Crippen molar-refractivity contribution in [2.75, 3.05) is 32.8 Å². The molecule has 9 heteroatoms. The van der Waals surface area contributed by atoms with Crippen LogP contribution >= 0.6 is 0 Å². The second kappa shape index (κ2) is 8.48. The first-order valence-corrected chi connectivity index (χ1v) is 11.0. The highest BCUT2D eigenvalue weighted by Crippen LogP contribution is 2.30. The van der Waals surface area contributed by atoms with Gasteiger partial charge in [-0.15, -0.1) is 0 Å². The summed E-state index contributed by atoms with van der Waals surface area (Å²) in [6.45, 7) is 1.93. The standard InChI is InChI=1S/C20H23N3O5S/c24-20(22-9-11-27-12-10-22)19-13-17(28-16-5-2-1-3-6-16)15-23(19)29(25,26)18-7-4-8-21-14-18/h1-8,14,17,19H,9-13,15H2/t17-,19-/m0/s1. The monoisotopic (exact) mass is 417 g/mol. The maximum Gasteiger partial charge on any atom is 0.245 e. The van der Waals surface area contributed by atoms with E-state index in [9.17, 15) is 13.2 Å². The van der Waals surface area contributed by atoms with E-state index in [0.29, 0.717) is 38.5 Å². The van der Waals surface area contributed by atoms with Crippen LogP contribution in [-0.2, 0) is 19.6 Å². The topological polar surface area (TPSA) is 89.0 Å². The predicted octanol–water partition coefficient (Wildman–Crippen LogP) is 1.15. The van der Waals surface area contributed by atoms with E-state index in [1.165, 1.54) is 22.8 Å². The van der Waals surface area contributed by atoms with E-state index in [-0.39, 0.29) is 17.3 Å². The van der Waals surface area contributed by atoms with Gasteiger partial charge in [0.2, 0.25) is 15.9 Å². The van der Waals surface area contributed by atoms with E-state index in [1.54, 1.807) is 11.0 Å². The second-order valence-electron chi connectivity index (χ2n) is 7.01. The van der Waals surface area contributed by atoms with E-state index in [2.05, 4.69) is 4.98 Å². The van der Waals surface area contributed by atoms with Gasteiger partial charge < -0.3 is 14.4 Å². The fraction of sp³-hybridized carbons (Fsp3) is 0.400. The number of nitrogens with zero attached hydrogens (tertiary/aromatic N) is 3. The molecular weight excluding hydrogens is 394 g/mol. The molecule has 2 aromatic rings. The fourth-order valence-corrected chi connectivity index (χ4v) is 5.25. The first-order valence-electron chi connectivity index (χ1n) is 9.56. The number of carbonyl (C=O) groups excluding carboxylic acids is 1. The summed E-state index contributed by atoms with van der Waals surface area (Å²) < 4.78 is 39.1. The molecule has 154 valence electrons. The smallest absolute Gasteiger partial charge is 0.245 e. The maximum absolute atomic E-state index is 13.3. The highest BCUT2D eigenvalue weighted by Gasteiger charge is 2.46. The molecule has 3 heterocycles. The van der Waals surface area contributed by atoms with Crippen LogP contribution in [0.25, 0.3) is 0 Å². The van der Waals surface area contributed by atoms with Gasteiger partial charge >= 0.3 is 0 Å². The molecule has 2 atom stereocenters. The summed E-state index contributed by atoms with van der Waals surface area (Å²) in [5.41, 5.74) is 0. The summed E-state index contributed by atoms with van der Waals surface area (Å²) in [5, 5.41) is 0. The molecule has 2 aliphatic rings. The molecule has 0 unspecified atom stereocenters. The molecule has 1 aromatic heterocycles. The number of amides is 1. The van der Waals surface area contributed by atoms with Crippen LogP contribution in [0, 0.1) is 0 Å². The molecular formula is C20H23N3O5S.